The summed E-state index contributed by atoms with van der Waals surface area (Å²) in [5.74, 6) is -0.236. The zero-order valence-corrected chi connectivity index (χ0v) is 8.89. The molecule has 0 aromatic rings. The van der Waals surface area contributed by atoms with E-state index in [9.17, 15) is 4.79 Å². The molecule has 0 radical (unpaired) electrons. The summed E-state index contributed by atoms with van der Waals surface area (Å²) in [5.41, 5.74) is 0. The van der Waals surface area contributed by atoms with Gasteiger partial charge >= 0.3 is 5.97 Å². The molecule has 0 bridgehead atoms. The first-order valence-corrected chi connectivity index (χ1v) is 4.90. The van der Waals surface area contributed by atoms with Crippen molar-refractivity contribution in [3.05, 3.63) is 12.7 Å². The molecular formula is C9H14N2O2S. The van der Waals surface area contributed by atoms with Crippen LogP contribution in [0.2, 0.25) is 0 Å². The molecule has 0 amide bonds. The molecule has 1 aliphatic heterocycles. The Hall–Kier alpha value is -1.10. The minimum Gasteiger partial charge on any atom is -0.461 e. The maximum Gasteiger partial charge on any atom is 0.329 e. The molecule has 0 aliphatic carbocycles. The van der Waals surface area contributed by atoms with Crippen LogP contribution in [0.5, 0.6) is 0 Å². The molecule has 0 saturated carbocycles. The quantitative estimate of drug-likeness (QED) is 0.403. The zero-order valence-electron chi connectivity index (χ0n) is 8.08. The largest absolute Gasteiger partial charge is 0.461 e. The first-order valence-electron chi connectivity index (χ1n) is 4.49. The van der Waals surface area contributed by atoms with E-state index in [4.69, 9.17) is 17.0 Å². The summed E-state index contributed by atoms with van der Waals surface area (Å²) >= 11 is 4.97. The molecule has 0 unspecified atom stereocenters. The lowest BCUT2D eigenvalue weighted by molar-refractivity contribution is -0.142. The van der Waals surface area contributed by atoms with Crippen LogP contribution in [-0.2, 0) is 9.53 Å². The number of thiocarbonyl (C=S) groups is 1. The molecule has 0 aromatic carbocycles. The van der Waals surface area contributed by atoms with Gasteiger partial charge in [0.1, 0.15) is 12.1 Å². The smallest absolute Gasteiger partial charge is 0.329 e. The Morgan fingerprint density at radius 3 is 3.07 bits per heavy atom. The number of cyclic esters (lactones) is 1. The average molecular weight is 214 g/mol. The Kier molecular flexibility index (Phi) is 3.88. The molecule has 1 rings (SSSR count). The SMILES string of the molecule is C=CCNC(=S)N[C@H]1C[C@@H](C)OC1=O. The van der Waals surface area contributed by atoms with Gasteiger partial charge in [-0.1, -0.05) is 6.08 Å². The van der Waals surface area contributed by atoms with Crippen molar-refractivity contribution in [2.24, 2.45) is 0 Å². The van der Waals surface area contributed by atoms with Crippen molar-refractivity contribution in [2.75, 3.05) is 6.54 Å². The van der Waals surface area contributed by atoms with Crippen molar-refractivity contribution < 1.29 is 9.53 Å². The van der Waals surface area contributed by atoms with Crippen molar-refractivity contribution >= 4 is 23.3 Å². The fourth-order valence-electron chi connectivity index (χ4n) is 1.25. The molecular weight excluding hydrogens is 200 g/mol. The predicted octanol–water partition coefficient (Wildman–Crippen LogP) is 0.340. The Morgan fingerprint density at radius 1 is 1.86 bits per heavy atom. The van der Waals surface area contributed by atoms with Crippen molar-refractivity contribution in [2.45, 2.75) is 25.5 Å². The van der Waals surface area contributed by atoms with Gasteiger partial charge in [-0.05, 0) is 19.1 Å². The van der Waals surface area contributed by atoms with Crippen LogP contribution in [0.4, 0.5) is 0 Å². The van der Waals surface area contributed by atoms with Crippen molar-refractivity contribution in [1.82, 2.24) is 10.6 Å². The maximum atomic E-state index is 11.2. The summed E-state index contributed by atoms with van der Waals surface area (Å²) in [6.07, 6.45) is 2.33. The van der Waals surface area contributed by atoms with Gasteiger partial charge in [-0.25, -0.2) is 4.79 Å². The molecule has 0 spiro atoms. The molecule has 0 aromatic heterocycles. The molecule has 4 nitrogen and oxygen atoms in total. The second-order valence-corrected chi connectivity index (χ2v) is 3.59. The molecule has 2 N–H and O–H groups in total. The maximum absolute atomic E-state index is 11.2. The lowest BCUT2D eigenvalue weighted by atomic mass is 10.2. The van der Waals surface area contributed by atoms with Crippen LogP contribution in [0.25, 0.3) is 0 Å². The Balaban J connectivity index is 2.33. The van der Waals surface area contributed by atoms with Crippen LogP contribution in [0, 0.1) is 0 Å². The summed E-state index contributed by atoms with van der Waals surface area (Å²) in [5, 5.41) is 6.24. The monoisotopic (exact) mass is 214 g/mol. The number of hydrogen-bond acceptors (Lipinski definition) is 3. The summed E-state index contributed by atoms with van der Waals surface area (Å²) in [6, 6.07) is -0.310. The van der Waals surface area contributed by atoms with Gasteiger partial charge < -0.3 is 15.4 Å². The van der Waals surface area contributed by atoms with E-state index in [-0.39, 0.29) is 18.1 Å². The first-order chi connectivity index (χ1) is 6.63. The summed E-state index contributed by atoms with van der Waals surface area (Å²) < 4.78 is 4.97. The van der Waals surface area contributed by atoms with Gasteiger partial charge in [0.2, 0.25) is 0 Å². The predicted molar refractivity (Wildman–Crippen MR) is 57.9 cm³/mol. The van der Waals surface area contributed by atoms with E-state index < -0.39 is 0 Å². The standard InChI is InChI=1S/C9H14N2O2S/c1-3-4-10-9(14)11-7-5-6(2)13-8(7)12/h3,6-7H,1,4-5H2,2H3,(H2,10,11,14)/t6-,7+/m1/s1. The first kappa shape index (κ1) is 11.0. The third-order valence-electron chi connectivity index (χ3n) is 1.88. The second kappa shape index (κ2) is 4.95. The lowest BCUT2D eigenvalue weighted by Gasteiger charge is -2.11. The highest BCUT2D eigenvalue weighted by Gasteiger charge is 2.31. The number of hydrogen-bond donors (Lipinski definition) is 2. The molecule has 1 fully saturated rings. The third kappa shape index (κ3) is 2.99. The fraction of sp³-hybridized carbons (Fsp3) is 0.556. The van der Waals surface area contributed by atoms with E-state index in [1.165, 1.54) is 0 Å². The van der Waals surface area contributed by atoms with Crippen molar-refractivity contribution in [1.29, 1.82) is 0 Å². The highest BCUT2D eigenvalue weighted by molar-refractivity contribution is 7.80. The molecule has 5 heteroatoms. The second-order valence-electron chi connectivity index (χ2n) is 3.18. The van der Waals surface area contributed by atoms with Gasteiger partial charge in [0.25, 0.3) is 0 Å². The van der Waals surface area contributed by atoms with E-state index in [1.54, 1.807) is 6.08 Å². The van der Waals surface area contributed by atoms with Crippen molar-refractivity contribution in [3.63, 3.8) is 0 Å². The summed E-state index contributed by atoms with van der Waals surface area (Å²) in [7, 11) is 0. The van der Waals surface area contributed by atoms with Crippen LogP contribution in [0.3, 0.4) is 0 Å². The highest BCUT2D eigenvalue weighted by Crippen LogP contribution is 2.13. The Bertz CT molecular complexity index is 255. The number of carbonyl (C=O) groups excluding carboxylic acids is 1. The lowest BCUT2D eigenvalue weighted by Crippen LogP contribution is -2.44. The number of ether oxygens (including phenoxy) is 1. The van der Waals surface area contributed by atoms with Gasteiger partial charge in [-0.15, -0.1) is 6.58 Å². The van der Waals surface area contributed by atoms with Crippen LogP contribution < -0.4 is 10.6 Å². The molecule has 2 atom stereocenters. The topological polar surface area (TPSA) is 50.4 Å². The number of esters is 1. The van der Waals surface area contributed by atoms with Crippen LogP contribution in [0.1, 0.15) is 13.3 Å². The summed E-state index contributed by atoms with van der Waals surface area (Å²) in [4.78, 5) is 11.2. The van der Waals surface area contributed by atoms with Gasteiger partial charge in [-0.2, -0.15) is 0 Å². The number of rotatable bonds is 3. The molecule has 14 heavy (non-hydrogen) atoms. The van der Waals surface area contributed by atoms with Crippen LogP contribution in [0.15, 0.2) is 12.7 Å². The average Bonchev–Trinajstić information content (AvgIpc) is 2.42. The van der Waals surface area contributed by atoms with E-state index >= 15 is 0 Å². The van der Waals surface area contributed by atoms with Gasteiger partial charge in [0.05, 0.1) is 0 Å². The van der Waals surface area contributed by atoms with E-state index in [0.29, 0.717) is 18.1 Å². The van der Waals surface area contributed by atoms with Crippen LogP contribution >= 0.6 is 12.2 Å². The number of carbonyl (C=O) groups is 1. The highest BCUT2D eigenvalue weighted by atomic mass is 32.1. The molecule has 1 heterocycles. The number of nitrogens with one attached hydrogen (secondary N) is 2. The van der Waals surface area contributed by atoms with Crippen molar-refractivity contribution in [3.8, 4) is 0 Å². The molecule has 78 valence electrons. The zero-order chi connectivity index (χ0) is 10.6. The fourth-order valence-corrected chi connectivity index (χ4v) is 1.47. The van der Waals surface area contributed by atoms with Crippen LogP contribution in [-0.4, -0.2) is 29.8 Å². The Morgan fingerprint density at radius 2 is 2.57 bits per heavy atom. The van der Waals surface area contributed by atoms with Gasteiger partial charge in [0, 0.05) is 13.0 Å². The molecule has 1 saturated heterocycles. The van der Waals surface area contributed by atoms with E-state index in [1.807, 2.05) is 6.92 Å². The van der Waals surface area contributed by atoms with Gasteiger partial charge in [-0.3, -0.25) is 0 Å². The third-order valence-corrected chi connectivity index (χ3v) is 2.14. The minimum absolute atomic E-state index is 0.0257. The Labute approximate surface area is 88.7 Å². The molecule has 1 aliphatic rings. The normalized spacial score (nSPS) is 25.4. The van der Waals surface area contributed by atoms with E-state index in [0.717, 1.165) is 0 Å². The van der Waals surface area contributed by atoms with E-state index in [2.05, 4.69) is 17.2 Å². The van der Waals surface area contributed by atoms with Gasteiger partial charge in [0.15, 0.2) is 5.11 Å². The summed E-state index contributed by atoms with van der Waals surface area (Å²) in [6.45, 7) is 6.00. The minimum atomic E-state index is -0.310.